The number of hydrogen-bond acceptors (Lipinski definition) is 2. The fourth-order valence-electron chi connectivity index (χ4n) is 1.87. The van der Waals surface area contributed by atoms with Gasteiger partial charge in [-0.2, -0.15) is 0 Å². The van der Waals surface area contributed by atoms with Crippen molar-refractivity contribution >= 4 is 11.4 Å². The fourth-order valence-corrected chi connectivity index (χ4v) is 1.87. The molecule has 0 bridgehead atoms. The molecule has 0 aliphatic heterocycles. The zero-order chi connectivity index (χ0) is 13.8. The van der Waals surface area contributed by atoms with Crippen LogP contribution in [0.2, 0.25) is 0 Å². The lowest BCUT2D eigenvalue weighted by molar-refractivity contribution is 0.608. The van der Waals surface area contributed by atoms with Crippen molar-refractivity contribution < 1.29 is 8.78 Å². The van der Waals surface area contributed by atoms with Gasteiger partial charge in [0, 0.05) is 19.3 Å². The maximum Gasteiger partial charge on any atom is 0.148 e. The first-order valence-corrected chi connectivity index (χ1v) is 6.07. The van der Waals surface area contributed by atoms with E-state index < -0.39 is 5.82 Å². The third-order valence-electron chi connectivity index (χ3n) is 3.10. The molecule has 2 N–H and O–H groups in total. The molecule has 0 spiro atoms. The number of benzene rings is 2. The molecule has 0 atom stereocenters. The number of anilines is 2. The summed E-state index contributed by atoms with van der Waals surface area (Å²) in [5.74, 6) is -0.644. The molecule has 0 aliphatic carbocycles. The number of nitrogens with zero attached hydrogens (tertiary/aromatic N) is 1. The van der Waals surface area contributed by atoms with E-state index in [9.17, 15) is 8.78 Å². The fraction of sp³-hybridized carbons (Fsp3) is 0.200. The molecule has 0 amide bonds. The van der Waals surface area contributed by atoms with Gasteiger partial charge in [0.05, 0.1) is 5.69 Å². The van der Waals surface area contributed by atoms with Gasteiger partial charge in [0.1, 0.15) is 11.6 Å². The van der Waals surface area contributed by atoms with Crippen LogP contribution in [0, 0.1) is 11.6 Å². The average Bonchev–Trinajstić information content (AvgIpc) is 2.40. The number of rotatable bonds is 4. The summed E-state index contributed by atoms with van der Waals surface area (Å²) in [6, 6.07) is 11.3. The van der Waals surface area contributed by atoms with Crippen molar-refractivity contribution in [3.05, 3.63) is 59.7 Å². The Balaban J connectivity index is 2.03. The van der Waals surface area contributed by atoms with Crippen molar-refractivity contribution in [1.29, 1.82) is 0 Å². The van der Waals surface area contributed by atoms with E-state index in [0.717, 1.165) is 5.69 Å². The van der Waals surface area contributed by atoms with Crippen LogP contribution in [0.1, 0.15) is 5.56 Å². The lowest BCUT2D eigenvalue weighted by Gasteiger charge is -2.19. The lowest BCUT2D eigenvalue weighted by atomic mass is 10.1. The minimum Gasteiger partial charge on any atom is -0.396 e. The van der Waals surface area contributed by atoms with Crippen molar-refractivity contribution in [3.63, 3.8) is 0 Å². The maximum atomic E-state index is 13.5. The lowest BCUT2D eigenvalue weighted by Crippen LogP contribution is -2.20. The standard InChI is InChI=1S/C15H16F2N2/c1-19(12-6-7-15(18)14(17)10-12)9-8-11-4-2-3-5-13(11)16/h2-7,10H,8-9,18H2,1H3. The van der Waals surface area contributed by atoms with Crippen LogP contribution in [0.3, 0.4) is 0 Å². The van der Waals surface area contributed by atoms with E-state index in [1.54, 1.807) is 24.3 Å². The number of halogens is 2. The highest BCUT2D eigenvalue weighted by Gasteiger charge is 2.06. The normalized spacial score (nSPS) is 10.5. The second kappa shape index (κ2) is 5.69. The minimum atomic E-state index is -0.435. The van der Waals surface area contributed by atoms with Crippen molar-refractivity contribution in [1.82, 2.24) is 0 Å². The molecular weight excluding hydrogens is 246 g/mol. The van der Waals surface area contributed by atoms with Crippen LogP contribution in [0.25, 0.3) is 0 Å². The van der Waals surface area contributed by atoms with Crippen LogP contribution in [0.4, 0.5) is 20.2 Å². The van der Waals surface area contributed by atoms with Gasteiger partial charge < -0.3 is 10.6 Å². The van der Waals surface area contributed by atoms with Gasteiger partial charge >= 0.3 is 0 Å². The van der Waals surface area contributed by atoms with Gasteiger partial charge in [-0.3, -0.25) is 0 Å². The highest BCUT2D eigenvalue weighted by atomic mass is 19.1. The molecular formula is C15H16F2N2. The van der Waals surface area contributed by atoms with E-state index >= 15 is 0 Å². The van der Waals surface area contributed by atoms with Crippen LogP contribution < -0.4 is 10.6 Å². The zero-order valence-electron chi connectivity index (χ0n) is 10.7. The first-order chi connectivity index (χ1) is 9.08. The van der Waals surface area contributed by atoms with Gasteiger partial charge in [-0.05, 0) is 36.2 Å². The zero-order valence-corrected chi connectivity index (χ0v) is 10.7. The first kappa shape index (κ1) is 13.3. The Morgan fingerprint density at radius 1 is 1.05 bits per heavy atom. The smallest absolute Gasteiger partial charge is 0.148 e. The molecule has 0 fully saturated rings. The molecule has 0 unspecified atom stereocenters. The van der Waals surface area contributed by atoms with Crippen molar-refractivity contribution in [2.45, 2.75) is 6.42 Å². The Morgan fingerprint density at radius 3 is 2.47 bits per heavy atom. The Kier molecular flexibility index (Phi) is 4.00. The second-order valence-electron chi connectivity index (χ2n) is 4.47. The summed E-state index contributed by atoms with van der Waals surface area (Å²) >= 11 is 0. The topological polar surface area (TPSA) is 29.3 Å². The number of hydrogen-bond donors (Lipinski definition) is 1. The molecule has 100 valence electrons. The van der Waals surface area contributed by atoms with E-state index in [0.29, 0.717) is 18.5 Å². The average molecular weight is 262 g/mol. The SMILES string of the molecule is CN(CCc1ccccc1F)c1ccc(N)c(F)c1. The quantitative estimate of drug-likeness (QED) is 0.857. The predicted octanol–water partition coefficient (Wildman–Crippen LogP) is 3.23. The van der Waals surface area contributed by atoms with Gasteiger partial charge in [0.25, 0.3) is 0 Å². The third kappa shape index (κ3) is 3.22. The summed E-state index contributed by atoms with van der Waals surface area (Å²) in [5, 5.41) is 0. The molecule has 2 aromatic carbocycles. The number of nitrogens with two attached hydrogens (primary N) is 1. The molecule has 0 radical (unpaired) electrons. The number of nitrogen functional groups attached to an aromatic ring is 1. The highest BCUT2D eigenvalue weighted by molar-refractivity contribution is 5.53. The summed E-state index contributed by atoms with van der Waals surface area (Å²) < 4.78 is 26.8. The van der Waals surface area contributed by atoms with E-state index in [-0.39, 0.29) is 11.5 Å². The van der Waals surface area contributed by atoms with Gasteiger partial charge in [0.15, 0.2) is 0 Å². The Labute approximate surface area is 111 Å². The molecule has 2 nitrogen and oxygen atoms in total. The van der Waals surface area contributed by atoms with E-state index in [2.05, 4.69) is 0 Å². The molecule has 0 saturated heterocycles. The largest absolute Gasteiger partial charge is 0.396 e. The first-order valence-electron chi connectivity index (χ1n) is 6.07. The van der Waals surface area contributed by atoms with E-state index in [4.69, 9.17) is 5.73 Å². The molecule has 0 saturated carbocycles. The predicted molar refractivity (Wildman–Crippen MR) is 74.2 cm³/mol. The van der Waals surface area contributed by atoms with Crippen LogP contribution in [0.15, 0.2) is 42.5 Å². The molecule has 19 heavy (non-hydrogen) atoms. The van der Waals surface area contributed by atoms with E-state index in [1.165, 1.54) is 18.2 Å². The Hall–Kier alpha value is -2.10. The highest BCUT2D eigenvalue weighted by Crippen LogP contribution is 2.19. The minimum absolute atomic E-state index is 0.131. The van der Waals surface area contributed by atoms with Gasteiger partial charge in [0.2, 0.25) is 0 Å². The van der Waals surface area contributed by atoms with Crippen LogP contribution in [-0.2, 0) is 6.42 Å². The van der Waals surface area contributed by atoms with Crippen molar-refractivity contribution in [2.75, 3.05) is 24.2 Å². The molecule has 0 heterocycles. The van der Waals surface area contributed by atoms with Crippen LogP contribution >= 0.6 is 0 Å². The number of likely N-dealkylation sites (N-methyl/N-ethyl adjacent to an activating group) is 1. The Bertz CT molecular complexity index is 570. The van der Waals surface area contributed by atoms with Crippen molar-refractivity contribution in [3.8, 4) is 0 Å². The van der Waals surface area contributed by atoms with Gasteiger partial charge in [-0.1, -0.05) is 18.2 Å². The summed E-state index contributed by atoms with van der Waals surface area (Å²) in [5.41, 5.74) is 6.94. The van der Waals surface area contributed by atoms with Crippen molar-refractivity contribution in [2.24, 2.45) is 0 Å². The summed E-state index contributed by atoms with van der Waals surface area (Å²) in [6.45, 7) is 0.601. The van der Waals surface area contributed by atoms with Gasteiger partial charge in [-0.25, -0.2) is 8.78 Å². The monoisotopic (exact) mass is 262 g/mol. The maximum absolute atomic E-state index is 13.5. The van der Waals surface area contributed by atoms with E-state index in [1.807, 2.05) is 11.9 Å². The second-order valence-corrected chi connectivity index (χ2v) is 4.47. The summed E-state index contributed by atoms with van der Waals surface area (Å²) in [6.07, 6.45) is 0.565. The van der Waals surface area contributed by atoms with Gasteiger partial charge in [-0.15, -0.1) is 0 Å². The van der Waals surface area contributed by atoms with Crippen LogP contribution in [-0.4, -0.2) is 13.6 Å². The third-order valence-corrected chi connectivity index (χ3v) is 3.10. The molecule has 2 aromatic rings. The summed E-state index contributed by atoms with van der Waals surface area (Å²) in [7, 11) is 1.84. The Morgan fingerprint density at radius 2 is 1.79 bits per heavy atom. The molecule has 0 aliphatic rings. The molecule has 4 heteroatoms. The molecule has 0 aromatic heterocycles. The molecule has 2 rings (SSSR count). The van der Waals surface area contributed by atoms with Crippen LogP contribution in [0.5, 0.6) is 0 Å². The summed E-state index contributed by atoms with van der Waals surface area (Å²) in [4.78, 5) is 1.87.